The second-order valence-electron chi connectivity index (χ2n) is 4.09. The van der Waals surface area contributed by atoms with E-state index < -0.39 is 31.3 Å². The first-order valence-electron chi connectivity index (χ1n) is 5.54. The lowest BCUT2D eigenvalue weighted by Crippen LogP contribution is -2.57. The molecule has 1 aromatic carbocycles. The fraction of sp³-hybridized carbons (Fsp3) is 0.417. The maximum Gasteiger partial charge on any atom is 0.255 e. The van der Waals surface area contributed by atoms with E-state index in [1.807, 2.05) is 0 Å². The lowest BCUT2D eigenvalue weighted by Gasteiger charge is -2.28. The summed E-state index contributed by atoms with van der Waals surface area (Å²) in [7, 11) is 1.42. The molecule has 0 aliphatic heterocycles. The van der Waals surface area contributed by atoms with Crippen molar-refractivity contribution < 1.29 is 30.0 Å². The molecule has 19 heavy (non-hydrogen) atoms. The van der Waals surface area contributed by atoms with E-state index in [4.69, 9.17) is 20.1 Å². The zero-order valence-electron chi connectivity index (χ0n) is 10.5. The molecule has 1 amide bonds. The standard InChI is InChI=1S/C12H17NO6/c1-19-8-2-3-9(10(17)4-8)11(18)13-12(5-14,6-15)7-16/h2-4,14-17H,5-7H2,1H3,(H,13,18). The maximum atomic E-state index is 11.9. The van der Waals surface area contributed by atoms with Crippen molar-refractivity contribution in [2.75, 3.05) is 26.9 Å². The van der Waals surface area contributed by atoms with Gasteiger partial charge >= 0.3 is 0 Å². The van der Waals surface area contributed by atoms with E-state index in [2.05, 4.69) is 5.32 Å². The average molecular weight is 271 g/mol. The lowest BCUT2D eigenvalue weighted by molar-refractivity contribution is 0.0374. The molecule has 1 rings (SSSR count). The summed E-state index contributed by atoms with van der Waals surface area (Å²) in [6, 6.07) is 4.07. The summed E-state index contributed by atoms with van der Waals surface area (Å²) in [5.74, 6) is -0.649. The third-order valence-corrected chi connectivity index (χ3v) is 2.74. The van der Waals surface area contributed by atoms with Crippen LogP contribution in [0.2, 0.25) is 0 Å². The summed E-state index contributed by atoms with van der Waals surface area (Å²) in [6.45, 7) is -1.91. The molecule has 0 saturated carbocycles. The molecular formula is C12H17NO6. The van der Waals surface area contributed by atoms with Crippen molar-refractivity contribution in [3.8, 4) is 11.5 Å². The predicted molar refractivity (Wildman–Crippen MR) is 66.1 cm³/mol. The van der Waals surface area contributed by atoms with Crippen LogP contribution < -0.4 is 10.1 Å². The monoisotopic (exact) mass is 271 g/mol. The first kappa shape index (κ1) is 15.2. The molecule has 106 valence electrons. The number of rotatable bonds is 6. The van der Waals surface area contributed by atoms with Crippen molar-refractivity contribution in [1.82, 2.24) is 5.32 Å². The van der Waals surface area contributed by atoms with Crippen molar-refractivity contribution in [2.45, 2.75) is 5.54 Å². The van der Waals surface area contributed by atoms with Gasteiger partial charge in [0.1, 0.15) is 17.0 Å². The molecule has 0 bridgehead atoms. The van der Waals surface area contributed by atoms with Gasteiger partial charge in [-0.15, -0.1) is 0 Å². The molecule has 0 saturated heterocycles. The van der Waals surface area contributed by atoms with Gasteiger partial charge < -0.3 is 30.5 Å². The molecule has 0 unspecified atom stereocenters. The number of methoxy groups -OCH3 is 1. The van der Waals surface area contributed by atoms with E-state index in [1.54, 1.807) is 0 Å². The van der Waals surface area contributed by atoms with Crippen molar-refractivity contribution in [2.24, 2.45) is 0 Å². The number of amides is 1. The van der Waals surface area contributed by atoms with Gasteiger partial charge in [0.2, 0.25) is 0 Å². The molecule has 0 radical (unpaired) electrons. The molecule has 0 aliphatic carbocycles. The van der Waals surface area contributed by atoms with Crippen molar-refractivity contribution in [3.05, 3.63) is 23.8 Å². The molecule has 5 N–H and O–H groups in total. The van der Waals surface area contributed by atoms with E-state index in [9.17, 15) is 9.90 Å². The molecule has 0 aromatic heterocycles. The first-order chi connectivity index (χ1) is 9.01. The van der Waals surface area contributed by atoms with Crippen LogP contribution in [0.5, 0.6) is 11.5 Å². The smallest absolute Gasteiger partial charge is 0.255 e. The zero-order chi connectivity index (χ0) is 14.5. The van der Waals surface area contributed by atoms with Crippen LogP contribution in [0.15, 0.2) is 18.2 Å². The van der Waals surface area contributed by atoms with E-state index in [0.717, 1.165) is 0 Å². The number of aliphatic hydroxyl groups is 3. The number of phenols is 1. The Hall–Kier alpha value is -1.83. The Bertz CT molecular complexity index is 436. The van der Waals surface area contributed by atoms with Crippen LogP contribution >= 0.6 is 0 Å². The average Bonchev–Trinajstić information content (AvgIpc) is 2.44. The van der Waals surface area contributed by atoms with E-state index >= 15 is 0 Å². The summed E-state index contributed by atoms with van der Waals surface area (Å²) >= 11 is 0. The summed E-state index contributed by atoms with van der Waals surface area (Å²) in [6.07, 6.45) is 0. The number of hydrogen-bond acceptors (Lipinski definition) is 6. The van der Waals surface area contributed by atoms with E-state index in [-0.39, 0.29) is 11.3 Å². The minimum Gasteiger partial charge on any atom is -0.507 e. The van der Waals surface area contributed by atoms with Gasteiger partial charge in [-0.05, 0) is 12.1 Å². The molecule has 7 heteroatoms. The molecular weight excluding hydrogens is 254 g/mol. The van der Waals surface area contributed by atoms with Gasteiger partial charge in [-0.25, -0.2) is 0 Å². The van der Waals surface area contributed by atoms with Gasteiger partial charge in [0.05, 0.1) is 32.5 Å². The minimum atomic E-state index is -1.54. The molecule has 0 heterocycles. The Morgan fingerprint density at radius 1 is 1.26 bits per heavy atom. The third kappa shape index (κ3) is 3.34. The highest BCUT2D eigenvalue weighted by atomic mass is 16.5. The Morgan fingerprint density at radius 3 is 2.26 bits per heavy atom. The normalized spacial score (nSPS) is 11.2. The minimum absolute atomic E-state index is 0.0551. The topological polar surface area (TPSA) is 119 Å². The highest BCUT2D eigenvalue weighted by Gasteiger charge is 2.31. The van der Waals surface area contributed by atoms with Gasteiger partial charge in [-0.3, -0.25) is 4.79 Å². The Kier molecular flexibility index (Phi) is 5.11. The number of carbonyl (C=O) groups is 1. The summed E-state index contributed by atoms with van der Waals surface area (Å²) in [4.78, 5) is 11.9. The van der Waals surface area contributed by atoms with Crippen LogP contribution in [0.1, 0.15) is 10.4 Å². The number of nitrogens with one attached hydrogen (secondary N) is 1. The number of aromatic hydroxyl groups is 1. The highest BCUT2D eigenvalue weighted by Crippen LogP contribution is 2.23. The molecule has 0 spiro atoms. The Labute approximate surface area is 110 Å². The lowest BCUT2D eigenvalue weighted by atomic mass is 10.0. The van der Waals surface area contributed by atoms with Crippen molar-refractivity contribution in [3.63, 3.8) is 0 Å². The largest absolute Gasteiger partial charge is 0.507 e. The van der Waals surface area contributed by atoms with Gasteiger partial charge in [-0.1, -0.05) is 0 Å². The molecule has 1 aromatic rings. The van der Waals surface area contributed by atoms with Gasteiger partial charge in [0.15, 0.2) is 0 Å². The maximum absolute atomic E-state index is 11.9. The van der Waals surface area contributed by atoms with Crippen molar-refractivity contribution in [1.29, 1.82) is 0 Å². The number of carbonyl (C=O) groups excluding carboxylic acids is 1. The summed E-state index contributed by atoms with van der Waals surface area (Å²) in [5.41, 5.74) is -1.59. The van der Waals surface area contributed by atoms with Crippen LogP contribution in [-0.4, -0.2) is 58.8 Å². The summed E-state index contributed by atoms with van der Waals surface area (Å²) < 4.78 is 4.88. The SMILES string of the molecule is COc1ccc(C(=O)NC(CO)(CO)CO)c(O)c1. The highest BCUT2D eigenvalue weighted by molar-refractivity contribution is 5.97. The van der Waals surface area contributed by atoms with Gasteiger partial charge in [0, 0.05) is 6.07 Å². The molecule has 0 fully saturated rings. The zero-order valence-corrected chi connectivity index (χ0v) is 10.5. The van der Waals surface area contributed by atoms with Crippen LogP contribution in [0.25, 0.3) is 0 Å². The van der Waals surface area contributed by atoms with Crippen molar-refractivity contribution >= 4 is 5.91 Å². The fourth-order valence-electron chi connectivity index (χ4n) is 1.41. The Balaban J connectivity index is 2.95. The number of hydrogen-bond donors (Lipinski definition) is 5. The predicted octanol–water partition coefficient (Wildman–Crippen LogP) is -1.15. The third-order valence-electron chi connectivity index (χ3n) is 2.74. The molecule has 7 nitrogen and oxygen atoms in total. The molecule has 0 aliphatic rings. The quantitative estimate of drug-likeness (QED) is 0.445. The van der Waals surface area contributed by atoms with Crippen LogP contribution in [0.3, 0.4) is 0 Å². The van der Waals surface area contributed by atoms with Crippen LogP contribution in [-0.2, 0) is 0 Å². The fourth-order valence-corrected chi connectivity index (χ4v) is 1.41. The van der Waals surface area contributed by atoms with E-state index in [0.29, 0.717) is 5.75 Å². The number of ether oxygens (including phenoxy) is 1. The molecule has 0 atom stereocenters. The number of phenolic OH excluding ortho intramolecular Hbond substituents is 1. The van der Waals surface area contributed by atoms with Crippen LogP contribution in [0, 0.1) is 0 Å². The first-order valence-corrected chi connectivity index (χ1v) is 5.54. The second-order valence-corrected chi connectivity index (χ2v) is 4.09. The van der Waals surface area contributed by atoms with E-state index in [1.165, 1.54) is 25.3 Å². The van der Waals surface area contributed by atoms with Crippen LogP contribution in [0.4, 0.5) is 0 Å². The Morgan fingerprint density at radius 2 is 1.84 bits per heavy atom. The number of benzene rings is 1. The van der Waals surface area contributed by atoms with Gasteiger partial charge in [-0.2, -0.15) is 0 Å². The second kappa shape index (κ2) is 6.37. The van der Waals surface area contributed by atoms with Gasteiger partial charge in [0.25, 0.3) is 5.91 Å². The summed E-state index contributed by atoms with van der Waals surface area (Å²) in [5, 5.41) is 39.3. The number of aliphatic hydroxyl groups excluding tert-OH is 3.